The maximum atomic E-state index is 12.5. The first-order valence-corrected chi connectivity index (χ1v) is 7.60. The van der Waals surface area contributed by atoms with Gasteiger partial charge < -0.3 is 9.32 Å². The predicted molar refractivity (Wildman–Crippen MR) is 80.3 cm³/mol. The maximum absolute atomic E-state index is 12.5. The summed E-state index contributed by atoms with van der Waals surface area (Å²) < 4.78 is 5.98. The number of hydrogen-bond acceptors (Lipinski definition) is 2. The topological polar surface area (TPSA) is 33.5 Å². The molecule has 3 nitrogen and oxygen atoms in total. The van der Waals surface area contributed by atoms with E-state index >= 15 is 0 Å². The van der Waals surface area contributed by atoms with Crippen molar-refractivity contribution in [1.82, 2.24) is 4.90 Å². The lowest BCUT2D eigenvalue weighted by Gasteiger charge is -2.21. The second kappa shape index (κ2) is 5.83. The van der Waals surface area contributed by atoms with E-state index in [1.165, 1.54) is 12.8 Å². The first-order valence-electron chi connectivity index (χ1n) is 6.81. The minimum Gasteiger partial charge on any atom is -0.444 e. The van der Waals surface area contributed by atoms with Crippen molar-refractivity contribution in [3.8, 4) is 0 Å². The van der Waals surface area contributed by atoms with Gasteiger partial charge in [0.05, 0.1) is 0 Å². The monoisotopic (exact) mass is 333 g/mol. The van der Waals surface area contributed by atoms with Gasteiger partial charge in [0.2, 0.25) is 0 Å². The molecule has 1 amide bonds. The van der Waals surface area contributed by atoms with Crippen LogP contribution in [0.2, 0.25) is 0 Å². The van der Waals surface area contributed by atoms with E-state index in [0.717, 1.165) is 12.1 Å². The fourth-order valence-electron chi connectivity index (χ4n) is 2.22. The Labute approximate surface area is 126 Å². The van der Waals surface area contributed by atoms with Crippen LogP contribution >= 0.6 is 15.9 Å². The summed E-state index contributed by atoms with van der Waals surface area (Å²) in [5, 5.41) is 0. The van der Waals surface area contributed by atoms with Crippen LogP contribution in [-0.4, -0.2) is 17.4 Å². The molecule has 1 aliphatic rings. The Morgan fingerprint density at radius 1 is 1.20 bits per heavy atom. The standard InChI is InChI=1S/C16H16BrNO2/c17-15-9-8-14(20-15)16(19)18(11-13-6-7-13)10-12-4-2-1-3-5-12/h1-5,8-9,13H,6-7,10-11H2. The summed E-state index contributed by atoms with van der Waals surface area (Å²) in [7, 11) is 0. The highest BCUT2D eigenvalue weighted by Crippen LogP contribution is 2.31. The number of benzene rings is 1. The number of halogens is 1. The minimum absolute atomic E-state index is 0.0357. The third-order valence-electron chi connectivity index (χ3n) is 3.46. The van der Waals surface area contributed by atoms with E-state index in [-0.39, 0.29) is 5.91 Å². The van der Waals surface area contributed by atoms with Crippen LogP contribution in [0.4, 0.5) is 0 Å². The summed E-state index contributed by atoms with van der Waals surface area (Å²) >= 11 is 3.24. The zero-order valence-corrected chi connectivity index (χ0v) is 12.7. The van der Waals surface area contributed by atoms with E-state index in [1.807, 2.05) is 35.2 Å². The Bertz CT molecular complexity index is 590. The molecule has 20 heavy (non-hydrogen) atoms. The smallest absolute Gasteiger partial charge is 0.289 e. The van der Waals surface area contributed by atoms with Crippen LogP contribution in [0.5, 0.6) is 0 Å². The molecule has 1 heterocycles. The van der Waals surface area contributed by atoms with Gasteiger partial charge in [-0.1, -0.05) is 30.3 Å². The molecule has 1 aromatic heterocycles. The number of hydrogen-bond donors (Lipinski definition) is 0. The van der Waals surface area contributed by atoms with Gasteiger partial charge in [0.15, 0.2) is 10.4 Å². The average molecular weight is 334 g/mol. The highest BCUT2D eigenvalue weighted by molar-refractivity contribution is 9.10. The van der Waals surface area contributed by atoms with Crippen LogP contribution in [0.25, 0.3) is 0 Å². The molecule has 0 spiro atoms. The molecule has 0 N–H and O–H groups in total. The molecule has 1 saturated carbocycles. The minimum atomic E-state index is -0.0357. The Hall–Kier alpha value is -1.55. The first kappa shape index (κ1) is 13.4. The Morgan fingerprint density at radius 3 is 2.55 bits per heavy atom. The third-order valence-corrected chi connectivity index (χ3v) is 3.89. The van der Waals surface area contributed by atoms with Crippen LogP contribution < -0.4 is 0 Å². The largest absolute Gasteiger partial charge is 0.444 e. The molecule has 0 bridgehead atoms. The Morgan fingerprint density at radius 2 is 1.95 bits per heavy atom. The summed E-state index contributed by atoms with van der Waals surface area (Å²) in [5.41, 5.74) is 1.15. The van der Waals surface area contributed by atoms with Gasteiger partial charge in [-0.05, 0) is 52.4 Å². The molecule has 3 rings (SSSR count). The molecule has 0 aliphatic heterocycles. The molecular formula is C16H16BrNO2. The molecule has 0 atom stereocenters. The van der Waals surface area contributed by atoms with Gasteiger partial charge >= 0.3 is 0 Å². The van der Waals surface area contributed by atoms with Gasteiger partial charge in [0.25, 0.3) is 5.91 Å². The van der Waals surface area contributed by atoms with E-state index in [4.69, 9.17) is 4.42 Å². The zero-order valence-electron chi connectivity index (χ0n) is 11.1. The SMILES string of the molecule is O=C(c1ccc(Br)o1)N(Cc1ccccc1)CC1CC1. The van der Waals surface area contributed by atoms with Crippen LogP contribution in [0.1, 0.15) is 29.0 Å². The van der Waals surface area contributed by atoms with Gasteiger partial charge in [-0.15, -0.1) is 0 Å². The first-order chi connectivity index (χ1) is 9.72. The average Bonchev–Trinajstić information content (AvgIpc) is 3.17. The Kier molecular flexibility index (Phi) is 3.92. The molecule has 1 fully saturated rings. The predicted octanol–water partition coefficient (Wildman–Crippen LogP) is 4.09. The molecule has 2 aromatic rings. The van der Waals surface area contributed by atoms with Gasteiger partial charge in [-0.2, -0.15) is 0 Å². The molecule has 1 aromatic carbocycles. The van der Waals surface area contributed by atoms with Crippen molar-refractivity contribution in [2.24, 2.45) is 5.92 Å². The van der Waals surface area contributed by atoms with Crippen molar-refractivity contribution in [1.29, 1.82) is 0 Å². The fourth-order valence-corrected chi connectivity index (χ4v) is 2.53. The summed E-state index contributed by atoms with van der Waals surface area (Å²) in [5.74, 6) is 1.01. The summed E-state index contributed by atoms with van der Waals surface area (Å²) in [6.07, 6.45) is 2.45. The van der Waals surface area contributed by atoms with Crippen LogP contribution in [0, 0.1) is 5.92 Å². The van der Waals surface area contributed by atoms with E-state index in [9.17, 15) is 4.79 Å². The van der Waals surface area contributed by atoms with E-state index in [2.05, 4.69) is 15.9 Å². The molecule has 0 unspecified atom stereocenters. The van der Waals surface area contributed by atoms with Crippen molar-refractivity contribution < 1.29 is 9.21 Å². The lowest BCUT2D eigenvalue weighted by molar-refractivity contribution is 0.0701. The van der Waals surface area contributed by atoms with E-state index < -0.39 is 0 Å². The highest BCUT2D eigenvalue weighted by Gasteiger charge is 2.28. The molecule has 104 valence electrons. The third kappa shape index (κ3) is 3.31. The van der Waals surface area contributed by atoms with Crippen LogP contribution in [0.3, 0.4) is 0 Å². The number of carbonyl (C=O) groups is 1. The van der Waals surface area contributed by atoms with Gasteiger partial charge in [0, 0.05) is 13.1 Å². The van der Waals surface area contributed by atoms with Crippen LogP contribution in [-0.2, 0) is 6.54 Å². The highest BCUT2D eigenvalue weighted by atomic mass is 79.9. The Balaban J connectivity index is 1.76. The van der Waals surface area contributed by atoms with Crippen molar-refractivity contribution in [2.75, 3.05) is 6.54 Å². The van der Waals surface area contributed by atoms with E-state index in [0.29, 0.717) is 22.9 Å². The van der Waals surface area contributed by atoms with Gasteiger partial charge in [-0.3, -0.25) is 4.79 Å². The maximum Gasteiger partial charge on any atom is 0.289 e. The molecular weight excluding hydrogens is 318 g/mol. The summed E-state index contributed by atoms with van der Waals surface area (Å²) in [6, 6.07) is 13.6. The lowest BCUT2D eigenvalue weighted by Crippen LogP contribution is -2.32. The van der Waals surface area contributed by atoms with Crippen LogP contribution in [0.15, 0.2) is 51.6 Å². The van der Waals surface area contributed by atoms with Gasteiger partial charge in [0.1, 0.15) is 0 Å². The molecule has 0 saturated heterocycles. The molecule has 4 heteroatoms. The van der Waals surface area contributed by atoms with Crippen molar-refractivity contribution >= 4 is 21.8 Å². The number of nitrogens with zero attached hydrogens (tertiary/aromatic N) is 1. The van der Waals surface area contributed by atoms with Crippen molar-refractivity contribution in [3.05, 3.63) is 58.5 Å². The quantitative estimate of drug-likeness (QED) is 0.825. The number of amides is 1. The summed E-state index contributed by atoms with van der Waals surface area (Å²) in [6.45, 7) is 1.44. The number of carbonyl (C=O) groups excluding carboxylic acids is 1. The lowest BCUT2D eigenvalue weighted by atomic mass is 10.2. The normalized spacial score (nSPS) is 14.2. The second-order valence-electron chi connectivity index (χ2n) is 5.22. The molecule has 1 aliphatic carbocycles. The zero-order chi connectivity index (χ0) is 13.9. The van der Waals surface area contributed by atoms with E-state index in [1.54, 1.807) is 12.1 Å². The summed E-state index contributed by atoms with van der Waals surface area (Å²) in [4.78, 5) is 14.4. The van der Waals surface area contributed by atoms with Crippen molar-refractivity contribution in [3.63, 3.8) is 0 Å². The van der Waals surface area contributed by atoms with Gasteiger partial charge in [-0.25, -0.2) is 0 Å². The fraction of sp³-hybridized carbons (Fsp3) is 0.312. The number of furan rings is 1. The molecule has 0 radical (unpaired) electrons. The van der Waals surface area contributed by atoms with Crippen molar-refractivity contribution in [2.45, 2.75) is 19.4 Å². The second-order valence-corrected chi connectivity index (χ2v) is 6.00. The number of rotatable bonds is 5.